The molecule has 0 saturated heterocycles. The molecule has 2 atom stereocenters. The molecular formula is C21H20O3. The summed E-state index contributed by atoms with van der Waals surface area (Å²) in [5.74, 6) is -1.69. The first-order valence-electron chi connectivity index (χ1n) is 8.17. The molecule has 0 N–H and O–H groups in total. The molecule has 0 amide bonds. The molecule has 0 aromatic heterocycles. The second-order valence-electron chi connectivity index (χ2n) is 5.89. The minimum Gasteiger partial charge on any atom is -0.465 e. The molecule has 3 rings (SSSR count). The number of carbonyl (C=O) groups excluding carboxylic acids is 2. The number of esters is 1. The van der Waals surface area contributed by atoms with Crippen LogP contribution < -0.4 is 0 Å². The second kappa shape index (κ2) is 6.83. The fourth-order valence-corrected chi connectivity index (χ4v) is 3.43. The first-order chi connectivity index (χ1) is 11.6. The van der Waals surface area contributed by atoms with Crippen molar-refractivity contribution in [1.29, 1.82) is 0 Å². The zero-order chi connectivity index (χ0) is 17.1. The van der Waals surface area contributed by atoms with Crippen LogP contribution in [0.2, 0.25) is 0 Å². The summed E-state index contributed by atoms with van der Waals surface area (Å²) in [5, 5.41) is 0. The van der Waals surface area contributed by atoms with E-state index in [1.54, 1.807) is 13.8 Å². The summed E-state index contributed by atoms with van der Waals surface area (Å²) in [7, 11) is 0. The van der Waals surface area contributed by atoms with E-state index in [1.165, 1.54) is 0 Å². The van der Waals surface area contributed by atoms with Gasteiger partial charge in [-0.1, -0.05) is 60.7 Å². The Morgan fingerprint density at radius 2 is 1.58 bits per heavy atom. The largest absolute Gasteiger partial charge is 0.465 e. The third-order valence-electron chi connectivity index (χ3n) is 4.48. The Morgan fingerprint density at radius 3 is 2.17 bits per heavy atom. The van der Waals surface area contributed by atoms with Crippen LogP contribution in [-0.2, 0) is 14.3 Å². The Labute approximate surface area is 142 Å². The highest BCUT2D eigenvalue weighted by atomic mass is 16.5. The van der Waals surface area contributed by atoms with Crippen LogP contribution in [0.5, 0.6) is 0 Å². The summed E-state index contributed by atoms with van der Waals surface area (Å²) in [6.07, 6.45) is 0. The van der Waals surface area contributed by atoms with Crippen molar-refractivity contribution in [2.45, 2.75) is 19.8 Å². The molecule has 1 aliphatic carbocycles. The molecule has 0 radical (unpaired) electrons. The van der Waals surface area contributed by atoms with Gasteiger partial charge >= 0.3 is 5.97 Å². The monoisotopic (exact) mass is 320 g/mol. The lowest BCUT2D eigenvalue weighted by molar-refractivity contribution is -0.150. The summed E-state index contributed by atoms with van der Waals surface area (Å²) in [5.41, 5.74) is 3.50. The first-order valence-corrected chi connectivity index (χ1v) is 8.17. The summed E-state index contributed by atoms with van der Waals surface area (Å²) in [6.45, 7) is 3.83. The molecule has 3 heteroatoms. The van der Waals surface area contributed by atoms with Gasteiger partial charge in [0, 0.05) is 5.92 Å². The van der Waals surface area contributed by atoms with Gasteiger partial charge in [0.05, 0.1) is 6.61 Å². The van der Waals surface area contributed by atoms with Crippen LogP contribution in [0.4, 0.5) is 0 Å². The Balaban J connectivity index is 2.15. The highest BCUT2D eigenvalue weighted by molar-refractivity contribution is 6.18. The number of allylic oxidation sites excluding steroid dienone is 2. The van der Waals surface area contributed by atoms with Crippen molar-refractivity contribution in [1.82, 2.24) is 0 Å². The van der Waals surface area contributed by atoms with Gasteiger partial charge in [0.2, 0.25) is 0 Å². The predicted molar refractivity (Wildman–Crippen MR) is 93.3 cm³/mol. The van der Waals surface area contributed by atoms with Crippen LogP contribution in [-0.4, -0.2) is 18.4 Å². The number of ketones is 1. The molecule has 3 nitrogen and oxygen atoms in total. The molecule has 24 heavy (non-hydrogen) atoms. The Hall–Kier alpha value is -2.68. The Morgan fingerprint density at radius 1 is 1.00 bits per heavy atom. The van der Waals surface area contributed by atoms with E-state index >= 15 is 0 Å². The van der Waals surface area contributed by atoms with Crippen LogP contribution in [0.3, 0.4) is 0 Å². The minimum atomic E-state index is -0.803. The molecule has 1 aliphatic rings. The van der Waals surface area contributed by atoms with E-state index in [1.807, 2.05) is 60.7 Å². The maximum Gasteiger partial charge on any atom is 0.317 e. The molecule has 0 saturated carbocycles. The lowest BCUT2D eigenvalue weighted by Crippen LogP contribution is -2.28. The number of carbonyl (C=O) groups is 2. The van der Waals surface area contributed by atoms with Crippen LogP contribution in [0, 0.1) is 5.92 Å². The molecule has 0 aliphatic heterocycles. The van der Waals surface area contributed by atoms with Gasteiger partial charge < -0.3 is 4.74 Å². The SMILES string of the molecule is CCOC(=O)[C@H]1C(=O)C(C)=C(c2ccccc2)[C@@H]1c1ccccc1. The second-order valence-corrected chi connectivity index (χ2v) is 5.89. The highest BCUT2D eigenvalue weighted by Crippen LogP contribution is 2.47. The van der Waals surface area contributed by atoms with Gasteiger partial charge in [0.1, 0.15) is 5.92 Å². The summed E-state index contributed by atoms with van der Waals surface area (Å²) in [6, 6.07) is 19.5. The smallest absolute Gasteiger partial charge is 0.317 e. The third-order valence-corrected chi connectivity index (χ3v) is 4.48. The topological polar surface area (TPSA) is 43.4 Å². The van der Waals surface area contributed by atoms with Gasteiger partial charge in [-0.25, -0.2) is 0 Å². The van der Waals surface area contributed by atoms with E-state index < -0.39 is 11.9 Å². The molecule has 0 spiro atoms. The Kier molecular flexibility index (Phi) is 4.61. The average molecular weight is 320 g/mol. The van der Waals surface area contributed by atoms with Crippen molar-refractivity contribution in [3.8, 4) is 0 Å². The van der Waals surface area contributed by atoms with Gasteiger partial charge in [-0.05, 0) is 36.1 Å². The van der Waals surface area contributed by atoms with E-state index in [-0.39, 0.29) is 18.3 Å². The van der Waals surface area contributed by atoms with Crippen molar-refractivity contribution >= 4 is 17.3 Å². The number of ether oxygens (including phenoxy) is 1. The van der Waals surface area contributed by atoms with E-state index in [0.29, 0.717) is 5.57 Å². The van der Waals surface area contributed by atoms with E-state index in [4.69, 9.17) is 4.74 Å². The van der Waals surface area contributed by atoms with Gasteiger partial charge in [0.25, 0.3) is 0 Å². The number of hydrogen-bond acceptors (Lipinski definition) is 3. The Bertz CT molecular complexity index is 775. The van der Waals surface area contributed by atoms with Crippen molar-refractivity contribution in [2.24, 2.45) is 5.92 Å². The fraction of sp³-hybridized carbons (Fsp3) is 0.238. The van der Waals surface area contributed by atoms with Crippen LogP contribution in [0.15, 0.2) is 66.2 Å². The first kappa shape index (κ1) is 16.2. The lowest BCUT2D eigenvalue weighted by Gasteiger charge is -2.21. The van der Waals surface area contributed by atoms with E-state index in [9.17, 15) is 9.59 Å². The molecule has 0 heterocycles. The molecule has 122 valence electrons. The van der Waals surface area contributed by atoms with Gasteiger partial charge in [-0.2, -0.15) is 0 Å². The lowest BCUT2D eigenvalue weighted by atomic mass is 9.82. The van der Waals surface area contributed by atoms with Gasteiger partial charge in [-0.3, -0.25) is 9.59 Å². The van der Waals surface area contributed by atoms with Crippen LogP contribution >= 0.6 is 0 Å². The molecular weight excluding hydrogens is 300 g/mol. The molecule has 2 aromatic rings. The molecule has 0 unspecified atom stereocenters. The van der Waals surface area contributed by atoms with Crippen LogP contribution in [0.25, 0.3) is 5.57 Å². The summed E-state index contributed by atoms with van der Waals surface area (Å²) < 4.78 is 5.19. The molecule has 0 fully saturated rings. The van der Waals surface area contributed by atoms with Gasteiger partial charge in [-0.15, -0.1) is 0 Å². The predicted octanol–water partition coefficient (Wildman–Crippen LogP) is 4.01. The number of benzene rings is 2. The maximum atomic E-state index is 12.8. The number of Topliss-reactive ketones (excluding diaryl/α,β-unsaturated/α-hetero) is 1. The van der Waals surface area contributed by atoms with Crippen molar-refractivity contribution in [3.05, 3.63) is 77.4 Å². The van der Waals surface area contributed by atoms with E-state index in [2.05, 4.69) is 0 Å². The van der Waals surface area contributed by atoms with Gasteiger partial charge in [0.15, 0.2) is 5.78 Å². The number of hydrogen-bond donors (Lipinski definition) is 0. The van der Waals surface area contributed by atoms with Crippen molar-refractivity contribution in [3.63, 3.8) is 0 Å². The average Bonchev–Trinajstić information content (AvgIpc) is 2.88. The van der Waals surface area contributed by atoms with Crippen molar-refractivity contribution in [2.75, 3.05) is 6.61 Å². The summed E-state index contributed by atoms with van der Waals surface area (Å²) in [4.78, 5) is 25.3. The van der Waals surface area contributed by atoms with Crippen LogP contribution in [0.1, 0.15) is 30.9 Å². The molecule has 0 bridgehead atoms. The summed E-state index contributed by atoms with van der Waals surface area (Å²) >= 11 is 0. The third kappa shape index (κ3) is 2.78. The van der Waals surface area contributed by atoms with E-state index in [0.717, 1.165) is 16.7 Å². The van der Waals surface area contributed by atoms with Crippen molar-refractivity contribution < 1.29 is 14.3 Å². The fourth-order valence-electron chi connectivity index (χ4n) is 3.43. The maximum absolute atomic E-state index is 12.8. The zero-order valence-corrected chi connectivity index (χ0v) is 13.9. The molecule has 2 aromatic carbocycles. The number of rotatable bonds is 4. The quantitative estimate of drug-likeness (QED) is 0.631. The highest BCUT2D eigenvalue weighted by Gasteiger charge is 2.46. The minimum absolute atomic E-state index is 0.138. The standard InChI is InChI=1S/C21H20O3/c1-3-24-21(23)19-18(16-12-8-5-9-13-16)17(14(2)20(19)22)15-10-6-4-7-11-15/h4-13,18-19H,3H2,1-2H3/t18-,19+/m0/s1. The normalized spacial score (nSPS) is 20.3. The zero-order valence-electron chi connectivity index (χ0n) is 13.9.